The van der Waals surface area contributed by atoms with Gasteiger partial charge in [-0.3, -0.25) is 9.78 Å². The molecule has 4 rings (SSSR count). The Bertz CT molecular complexity index is 1470. The molecular weight excluding hydrogens is 548 g/mol. The lowest BCUT2D eigenvalue weighted by Gasteiger charge is -2.36. The maximum Gasteiger partial charge on any atom is 0.573 e. The highest BCUT2D eigenvalue weighted by molar-refractivity contribution is 5.78. The number of nitrogens with one attached hydrogen (secondary N) is 1. The van der Waals surface area contributed by atoms with E-state index in [1.54, 1.807) is 30.3 Å². The number of alkyl halides is 6. The number of carbonyl (C=O) groups is 1. The van der Waals surface area contributed by atoms with Crippen LogP contribution in [0.25, 0.3) is 0 Å². The fraction of sp³-hybridized carbons (Fsp3) is 0.200. The molecule has 0 spiro atoms. The number of hydrogen-bond donors (Lipinski definition) is 2. The van der Waals surface area contributed by atoms with Gasteiger partial charge in [-0.2, -0.15) is 13.2 Å². The number of aryl methyl sites for hydroxylation is 1. The summed E-state index contributed by atoms with van der Waals surface area (Å²) in [6, 6.07) is 21.8. The van der Waals surface area contributed by atoms with Crippen LogP contribution in [0.15, 0.2) is 97.2 Å². The summed E-state index contributed by atoms with van der Waals surface area (Å²) in [6.45, 7) is 0. The van der Waals surface area contributed by atoms with E-state index in [-0.39, 0.29) is 36.1 Å². The molecule has 0 fully saturated rings. The zero-order valence-electron chi connectivity index (χ0n) is 21.5. The number of nitrogens with two attached hydrogens (primary N) is 1. The minimum Gasteiger partial charge on any atom is -0.406 e. The number of benzene rings is 3. The van der Waals surface area contributed by atoms with Crippen molar-refractivity contribution in [3.8, 4) is 5.75 Å². The van der Waals surface area contributed by atoms with E-state index in [0.29, 0.717) is 11.3 Å². The Morgan fingerprint density at radius 1 is 0.829 bits per heavy atom. The summed E-state index contributed by atoms with van der Waals surface area (Å²) in [7, 11) is 0. The van der Waals surface area contributed by atoms with E-state index in [9.17, 15) is 31.1 Å². The molecule has 0 radical (unpaired) electrons. The number of nitrogens with zero attached hydrogens (tertiary/aromatic N) is 1. The molecule has 0 aliphatic carbocycles. The second-order valence-electron chi connectivity index (χ2n) is 9.33. The molecule has 1 atom stereocenters. The molecule has 214 valence electrons. The van der Waals surface area contributed by atoms with Crippen molar-refractivity contribution in [3.05, 3.63) is 125 Å². The first-order chi connectivity index (χ1) is 19.4. The lowest BCUT2D eigenvalue weighted by atomic mass is 9.79. The molecule has 4 aromatic rings. The standard InChI is InChI=1S/C30H25F6N3O2/c31-29(32,33)23-11-6-10-22(17-23)28(18-20-7-2-1-3-8-20,26-15-14-24(37)19-38-26)39-27(40)16-13-21-9-4-5-12-25(21)41-30(34,35)36/h1-12,14-15,17,19H,13,16,18,37H2,(H,39,40). The van der Waals surface area contributed by atoms with Crippen molar-refractivity contribution in [2.75, 3.05) is 5.73 Å². The van der Waals surface area contributed by atoms with Crippen LogP contribution >= 0.6 is 0 Å². The number of rotatable bonds is 9. The smallest absolute Gasteiger partial charge is 0.406 e. The van der Waals surface area contributed by atoms with Crippen molar-refractivity contribution < 1.29 is 35.9 Å². The maximum absolute atomic E-state index is 13.8. The van der Waals surface area contributed by atoms with Crippen LogP contribution < -0.4 is 15.8 Å². The maximum atomic E-state index is 13.8. The lowest BCUT2D eigenvalue weighted by Crippen LogP contribution is -2.49. The Balaban J connectivity index is 1.76. The van der Waals surface area contributed by atoms with Gasteiger partial charge in [0.2, 0.25) is 5.91 Å². The van der Waals surface area contributed by atoms with E-state index in [2.05, 4.69) is 15.0 Å². The number of halogens is 6. The number of para-hydroxylation sites is 1. The average molecular weight is 574 g/mol. The van der Waals surface area contributed by atoms with E-state index in [0.717, 1.165) is 18.2 Å². The molecule has 41 heavy (non-hydrogen) atoms. The summed E-state index contributed by atoms with van der Waals surface area (Å²) in [5.74, 6) is -1.07. The molecule has 1 aromatic heterocycles. The highest BCUT2D eigenvalue weighted by atomic mass is 19.4. The summed E-state index contributed by atoms with van der Waals surface area (Å²) >= 11 is 0. The molecule has 0 aliphatic rings. The Labute approximate surface area is 232 Å². The van der Waals surface area contributed by atoms with Gasteiger partial charge in [-0.05, 0) is 53.4 Å². The van der Waals surface area contributed by atoms with Crippen molar-refractivity contribution >= 4 is 11.6 Å². The number of anilines is 1. The zero-order valence-corrected chi connectivity index (χ0v) is 21.5. The second-order valence-corrected chi connectivity index (χ2v) is 9.33. The number of pyridine rings is 1. The SMILES string of the molecule is Nc1ccc(C(Cc2ccccc2)(NC(=O)CCc2ccccc2OC(F)(F)F)c2cccc(C(F)(F)F)c2)nc1. The van der Waals surface area contributed by atoms with Crippen molar-refractivity contribution in [2.24, 2.45) is 0 Å². The zero-order chi connectivity index (χ0) is 29.7. The number of ether oxygens (including phenoxy) is 1. The first-order valence-electron chi connectivity index (χ1n) is 12.4. The molecule has 0 aliphatic heterocycles. The van der Waals surface area contributed by atoms with Crippen LogP contribution in [0.4, 0.5) is 32.0 Å². The Hall–Kier alpha value is -4.54. The van der Waals surface area contributed by atoms with Crippen molar-refractivity contribution in [1.82, 2.24) is 10.3 Å². The second kappa shape index (κ2) is 11.9. The van der Waals surface area contributed by atoms with Crippen molar-refractivity contribution in [2.45, 2.75) is 37.3 Å². The third-order valence-electron chi connectivity index (χ3n) is 6.39. The highest BCUT2D eigenvalue weighted by Crippen LogP contribution is 2.37. The largest absolute Gasteiger partial charge is 0.573 e. The normalized spacial score (nSPS) is 13.3. The molecule has 0 bridgehead atoms. The van der Waals surface area contributed by atoms with Crippen LogP contribution in [0.2, 0.25) is 0 Å². The van der Waals surface area contributed by atoms with Crippen molar-refractivity contribution in [1.29, 1.82) is 0 Å². The van der Waals surface area contributed by atoms with E-state index in [1.165, 1.54) is 48.7 Å². The predicted molar refractivity (Wildman–Crippen MR) is 141 cm³/mol. The van der Waals surface area contributed by atoms with Gasteiger partial charge in [0, 0.05) is 12.8 Å². The van der Waals surface area contributed by atoms with E-state index >= 15 is 0 Å². The average Bonchev–Trinajstić information content (AvgIpc) is 2.92. The molecule has 1 unspecified atom stereocenters. The minimum atomic E-state index is -4.92. The van der Waals surface area contributed by atoms with Crippen molar-refractivity contribution in [3.63, 3.8) is 0 Å². The molecule has 1 amide bonds. The third kappa shape index (κ3) is 7.56. The van der Waals surface area contributed by atoms with Gasteiger partial charge in [0.25, 0.3) is 0 Å². The molecule has 3 N–H and O–H groups in total. The van der Waals surface area contributed by atoms with Crippen LogP contribution in [0.1, 0.15) is 34.4 Å². The molecule has 11 heteroatoms. The van der Waals surface area contributed by atoms with Gasteiger partial charge in [0.1, 0.15) is 11.3 Å². The summed E-state index contributed by atoms with van der Waals surface area (Å²) < 4.78 is 84.0. The number of aromatic nitrogens is 1. The Morgan fingerprint density at radius 2 is 1.51 bits per heavy atom. The van der Waals surface area contributed by atoms with Gasteiger partial charge < -0.3 is 15.8 Å². The molecule has 5 nitrogen and oxygen atoms in total. The summed E-state index contributed by atoms with van der Waals surface area (Å²) in [5, 5.41) is 2.88. The summed E-state index contributed by atoms with van der Waals surface area (Å²) in [6.07, 6.45) is -8.64. The van der Waals surface area contributed by atoms with Crippen LogP contribution in [0, 0.1) is 0 Å². The van der Waals surface area contributed by atoms with Crippen LogP contribution in [-0.4, -0.2) is 17.3 Å². The molecule has 0 saturated carbocycles. The van der Waals surface area contributed by atoms with E-state index in [4.69, 9.17) is 5.73 Å². The molecule has 3 aromatic carbocycles. The highest BCUT2D eigenvalue weighted by Gasteiger charge is 2.40. The van der Waals surface area contributed by atoms with Gasteiger partial charge >= 0.3 is 12.5 Å². The lowest BCUT2D eigenvalue weighted by molar-refractivity contribution is -0.274. The predicted octanol–water partition coefficient (Wildman–Crippen LogP) is 6.82. The van der Waals surface area contributed by atoms with Gasteiger partial charge in [-0.15, -0.1) is 13.2 Å². The monoisotopic (exact) mass is 573 g/mol. The van der Waals surface area contributed by atoms with Gasteiger partial charge in [0.05, 0.1) is 23.1 Å². The summed E-state index contributed by atoms with van der Waals surface area (Å²) in [4.78, 5) is 17.8. The Morgan fingerprint density at radius 3 is 2.17 bits per heavy atom. The molecule has 1 heterocycles. The third-order valence-corrected chi connectivity index (χ3v) is 6.39. The number of amides is 1. The van der Waals surface area contributed by atoms with Gasteiger partial charge in [0.15, 0.2) is 0 Å². The quantitative estimate of drug-likeness (QED) is 0.216. The first kappa shape index (κ1) is 29.4. The van der Waals surface area contributed by atoms with Gasteiger partial charge in [-0.25, -0.2) is 0 Å². The molecule has 0 saturated heterocycles. The number of carbonyl (C=O) groups excluding carboxylic acids is 1. The fourth-order valence-electron chi connectivity index (χ4n) is 4.53. The van der Waals surface area contributed by atoms with Crippen LogP contribution in [-0.2, 0) is 29.4 Å². The Kier molecular flexibility index (Phi) is 8.55. The van der Waals surface area contributed by atoms with Crippen LogP contribution in [0.5, 0.6) is 5.75 Å². The number of nitrogen functional groups attached to an aromatic ring is 1. The molecular formula is C30H25F6N3O2. The van der Waals surface area contributed by atoms with Crippen LogP contribution in [0.3, 0.4) is 0 Å². The van der Waals surface area contributed by atoms with E-state index < -0.39 is 35.3 Å². The first-order valence-corrected chi connectivity index (χ1v) is 12.4. The van der Waals surface area contributed by atoms with Gasteiger partial charge in [-0.1, -0.05) is 60.7 Å². The van der Waals surface area contributed by atoms with E-state index in [1.807, 2.05) is 0 Å². The minimum absolute atomic E-state index is 0.0194. The topological polar surface area (TPSA) is 77.2 Å². The summed E-state index contributed by atoms with van der Waals surface area (Å²) in [5.41, 5.74) is 4.78. The fourth-order valence-corrected chi connectivity index (χ4v) is 4.53. The number of hydrogen-bond acceptors (Lipinski definition) is 4.